The number of alkyl carbamates (subject to hydrolysis) is 1. The van der Waals surface area contributed by atoms with Crippen LogP contribution in [-0.4, -0.2) is 99.1 Å². The predicted molar refractivity (Wildman–Crippen MR) is 261 cm³/mol. The fourth-order valence-electron chi connectivity index (χ4n) is 11.7. The summed E-state index contributed by atoms with van der Waals surface area (Å²) in [5.74, 6) is -1.92. The summed E-state index contributed by atoms with van der Waals surface area (Å²) in [7, 11) is -0.541. The molecular weight excluding hydrogens is 879 g/mol. The number of carbonyl (C=O) groups excluding carboxylic acids is 3. The van der Waals surface area contributed by atoms with Crippen LogP contribution in [0, 0.1) is 11.8 Å². The van der Waals surface area contributed by atoms with Crippen LogP contribution >= 0.6 is 0 Å². The number of aromatic nitrogens is 4. The number of benzene rings is 4. The number of fused-ring (bicyclic) bond motifs is 6. The van der Waals surface area contributed by atoms with Gasteiger partial charge in [-0.1, -0.05) is 101 Å². The second kappa shape index (κ2) is 17.4. The third kappa shape index (κ3) is 7.80. The van der Waals surface area contributed by atoms with E-state index in [1.54, 1.807) is 30.5 Å². The van der Waals surface area contributed by atoms with Crippen LogP contribution in [0.15, 0.2) is 91.1 Å². The number of aromatic amines is 2. The monoisotopic (exact) mass is 938 g/mol. The van der Waals surface area contributed by atoms with E-state index in [0.29, 0.717) is 45.8 Å². The zero-order chi connectivity index (χ0) is 47.8. The maximum atomic E-state index is 16.8. The summed E-state index contributed by atoms with van der Waals surface area (Å²) >= 11 is 0. The van der Waals surface area contributed by atoms with Crippen LogP contribution in [-0.2, 0) is 20.2 Å². The summed E-state index contributed by atoms with van der Waals surface area (Å²) in [5, 5.41) is 2.74. The first-order valence-electron chi connectivity index (χ1n) is 24.1. The Morgan fingerprint density at radius 1 is 0.882 bits per heavy atom. The van der Waals surface area contributed by atoms with E-state index in [0.717, 1.165) is 60.6 Å². The van der Waals surface area contributed by atoms with Gasteiger partial charge >= 0.3 is 6.09 Å². The van der Waals surface area contributed by atoms with Crippen molar-refractivity contribution in [1.82, 2.24) is 40.0 Å². The molecule has 6 aromatic rings. The Hall–Kier alpha value is -6.19. The van der Waals surface area contributed by atoms with E-state index in [-0.39, 0.29) is 52.9 Å². The lowest BCUT2D eigenvalue weighted by Gasteiger charge is -2.37. The van der Waals surface area contributed by atoms with Gasteiger partial charge in [-0.25, -0.2) is 14.8 Å². The highest BCUT2D eigenvalue weighted by Gasteiger charge is 2.52. The minimum atomic E-state index is -3.26. The van der Waals surface area contributed by atoms with Gasteiger partial charge in [-0.15, -0.1) is 0 Å². The van der Waals surface area contributed by atoms with Gasteiger partial charge in [0, 0.05) is 28.9 Å². The molecule has 1 unspecified atom stereocenters. The first kappa shape index (κ1) is 45.6. The largest absolute Gasteiger partial charge is 0.453 e. The molecule has 4 aromatic carbocycles. The average Bonchev–Trinajstić information content (AvgIpc) is 4.21. The third-order valence-corrected chi connectivity index (χ3v) is 17.8. The number of amides is 3. The minimum absolute atomic E-state index is 0.0530. The Morgan fingerprint density at radius 3 is 2.25 bits per heavy atom. The zero-order valence-electron chi connectivity index (χ0n) is 39.8. The van der Waals surface area contributed by atoms with Gasteiger partial charge in [0.05, 0.1) is 50.2 Å². The molecule has 6 atom stereocenters. The molecule has 2 bridgehead atoms. The van der Waals surface area contributed by atoms with Crippen molar-refractivity contribution in [3.8, 4) is 33.5 Å². The molecule has 0 spiro atoms. The van der Waals surface area contributed by atoms with Crippen molar-refractivity contribution in [3.05, 3.63) is 119 Å². The van der Waals surface area contributed by atoms with E-state index in [1.807, 2.05) is 84.3 Å². The van der Waals surface area contributed by atoms with E-state index < -0.39 is 32.2 Å². The number of rotatable bonds is 12. The van der Waals surface area contributed by atoms with Crippen LogP contribution in [0.4, 0.5) is 13.6 Å². The number of hydrogen-bond acceptors (Lipinski definition) is 7. The Morgan fingerprint density at radius 2 is 1.56 bits per heavy atom. The topological polar surface area (TPSA) is 140 Å². The molecule has 2 aliphatic heterocycles. The normalized spacial score (nSPS) is 21.9. The van der Waals surface area contributed by atoms with E-state index in [2.05, 4.69) is 47.1 Å². The molecule has 3 amide bonds. The highest BCUT2D eigenvalue weighted by Crippen LogP contribution is 2.54. The second-order valence-electron chi connectivity index (χ2n) is 20.3. The number of piperidine rings is 1. The molecule has 3 fully saturated rings. The van der Waals surface area contributed by atoms with Crippen molar-refractivity contribution in [2.45, 2.75) is 102 Å². The lowest BCUT2D eigenvalue weighted by Crippen LogP contribution is -2.54. The number of H-pyrrole nitrogens is 2. The number of likely N-dealkylation sites (N-methyl/N-ethyl adjacent to an activating group) is 1. The number of likely N-dealkylation sites (tertiary alicyclic amines) is 1. The second-order valence-corrected chi connectivity index (χ2v) is 25.3. The van der Waals surface area contributed by atoms with Crippen molar-refractivity contribution in [3.63, 3.8) is 0 Å². The van der Waals surface area contributed by atoms with Crippen molar-refractivity contribution in [1.29, 1.82) is 0 Å². The number of halogens is 2. The maximum Gasteiger partial charge on any atom is 0.407 e. The van der Waals surface area contributed by atoms with Gasteiger partial charge in [0.25, 0.3) is 5.92 Å². The first-order chi connectivity index (χ1) is 32.6. The number of carbonyl (C=O) groups is 3. The van der Waals surface area contributed by atoms with Gasteiger partial charge in [-0.2, -0.15) is 8.78 Å². The van der Waals surface area contributed by atoms with Crippen LogP contribution in [0.5, 0.6) is 0 Å². The van der Waals surface area contributed by atoms with E-state index in [9.17, 15) is 14.4 Å². The summed E-state index contributed by atoms with van der Waals surface area (Å²) in [4.78, 5) is 63.9. The lowest BCUT2D eigenvalue weighted by atomic mass is 9.95. The molecule has 1 saturated carbocycles. The van der Waals surface area contributed by atoms with Gasteiger partial charge in [-0.3, -0.25) is 14.5 Å². The number of alkyl halides is 2. The summed E-state index contributed by atoms with van der Waals surface area (Å²) in [6.45, 7) is 14.0. The Labute approximate surface area is 396 Å². The van der Waals surface area contributed by atoms with Crippen molar-refractivity contribution >= 4 is 37.0 Å². The van der Waals surface area contributed by atoms with Gasteiger partial charge in [0.15, 0.2) is 0 Å². The molecule has 68 heavy (non-hydrogen) atoms. The van der Waals surface area contributed by atoms with Crippen molar-refractivity contribution in [2.24, 2.45) is 11.8 Å². The minimum Gasteiger partial charge on any atom is -0.453 e. The summed E-state index contributed by atoms with van der Waals surface area (Å²) in [5.41, 5.74) is 5.93. The SMILES string of the molecule is CCN(CC)[C@H](C(=O)N1C[Si](C)(C)C[C@H]1c1ncc(-c2ccc3c(c2)C(F)(F)c2cc(-c4ccc5nc(C6[C@H]7CC[C@H](C7)N6C(=O)[C@@H](NC(=O)OC)C(C)C)[nH]c5c4)ccc2-3)[nH]1)c1ccccc1. The zero-order valence-corrected chi connectivity index (χ0v) is 40.8. The smallest absolute Gasteiger partial charge is 0.407 e. The molecule has 2 aromatic heterocycles. The van der Waals surface area contributed by atoms with Crippen molar-refractivity contribution < 1.29 is 27.9 Å². The molecule has 4 heterocycles. The number of imidazole rings is 2. The number of ether oxygens (including phenoxy) is 1. The highest BCUT2D eigenvalue weighted by molar-refractivity contribution is 6.78. The summed E-state index contributed by atoms with van der Waals surface area (Å²) < 4.78 is 38.4. The predicted octanol–water partition coefficient (Wildman–Crippen LogP) is 10.4. The molecule has 0 radical (unpaired) electrons. The number of methoxy groups -OCH3 is 1. The molecule has 10 rings (SSSR count). The lowest BCUT2D eigenvalue weighted by molar-refractivity contribution is -0.139. The van der Waals surface area contributed by atoms with Crippen LogP contribution in [0.3, 0.4) is 0 Å². The Balaban J connectivity index is 0.902. The van der Waals surface area contributed by atoms with E-state index in [4.69, 9.17) is 14.7 Å². The molecule has 2 aliphatic carbocycles. The third-order valence-electron chi connectivity index (χ3n) is 15.1. The molecule has 4 aliphatic rings. The average molecular weight is 939 g/mol. The molecule has 15 heteroatoms. The molecule has 2 saturated heterocycles. The Bertz CT molecular complexity index is 2910. The van der Waals surface area contributed by atoms with Crippen LogP contribution in [0.25, 0.3) is 44.5 Å². The molecule has 12 nitrogen and oxygen atoms in total. The number of hydrogen-bond donors (Lipinski definition) is 3. The van der Waals surface area contributed by atoms with Crippen LogP contribution in [0.1, 0.15) is 93.4 Å². The first-order valence-corrected chi connectivity index (χ1v) is 27.5. The fraction of sp³-hybridized carbons (Fsp3) is 0.415. The van der Waals surface area contributed by atoms with Crippen LogP contribution < -0.4 is 5.32 Å². The van der Waals surface area contributed by atoms with E-state index >= 15 is 8.78 Å². The van der Waals surface area contributed by atoms with Crippen molar-refractivity contribution in [2.75, 3.05) is 26.4 Å². The van der Waals surface area contributed by atoms with E-state index in [1.165, 1.54) is 7.11 Å². The standard InChI is InChI=1S/C53H60F2N8O4Si/c1-8-61(9-2)47(31-13-11-10-12-14-31)51(65)62-29-68(6,7)28-44(62)48-56-27-43(59-48)34-17-21-38-37-20-16-32(24-39(37)53(54,55)40(38)25-34)33-18-22-41-42(26-33)58-49(57-41)46-35-15-19-36(23-35)63(46)50(64)45(30(3)4)60-52(66)67-5/h10-14,16-18,20-22,24-27,30,35-36,44-47H,8-9,15,19,23,28-29H2,1-7H3,(H,56,59)(H,57,58)(H,60,66)/t35-,36+,44-,45-,46?,47-/m0/s1. The van der Waals surface area contributed by atoms with Crippen LogP contribution in [0.2, 0.25) is 19.1 Å². The molecule has 354 valence electrons. The van der Waals surface area contributed by atoms with Gasteiger partial charge < -0.3 is 29.8 Å². The quantitative estimate of drug-likeness (QED) is 0.104. The summed E-state index contributed by atoms with van der Waals surface area (Å²) in [6.07, 6.45) is 4.51. The summed E-state index contributed by atoms with van der Waals surface area (Å²) in [6, 6.07) is 25.4. The van der Waals surface area contributed by atoms with Gasteiger partial charge in [0.1, 0.15) is 23.7 Å². The fourth-order valence-corrected chi connectivity index (χ4v) is 14.6. The van der Waals surface area contributed by atoms with Gasteiger partial charge in [-0.05, 0) is 102 Å². The number of nitrogens with one attached hydrogen (secondary N) is 3. The number of nitrogens with zero attached hydrogens (tertiary/aromatic N) is 5. The van der Waals surface area contributed by atoms with Gasteiger partial charge in [0.2, 0.25) is 11.8 Å². The molecule has 3 N–H and O–H groups in total. The Kier molecular flexibility index (Phi) is 11.7. The molecular formula is C53H60F2N8O4Si. The highest BCUT2D eigenvalue weighted by atomic mass is 28.3. The maximum absolute atomic E-state index is 16.8.